The second-order valence-electron chi connectivity index (χ2n) is 5.93. The summed E-state index contributed by atoms with van der Waals surface area (Å²) in [5.74, 6) is -0.0138. The van der Waals surface area contributed by atoms with Crippen molar-refractivity contribution in [2.45, 2.75) is 37.2 Å². The van der Waals surface area contributed by atoms with E-state index in [0.29, 0.717) is 18.1 Å². The van der Waals surface area contributed by atoms with Gasteiger partial charge in [0.25, 0.3) is 0 Å². The van der Waals surface area contributed by atoms with Crippen molar-refractivity contribution in [2.24, 2.45) is 0 Å². The van der Waals surface area contributed by atoms with Gasteiger partial charge in [0.05, 0.1) is 10.9 Å². The number of carbonyl (C=O) groups is 1. The van der Waals surface area contributed by atoms with E-state index in [9.17, 15) is 4.79 Å². The van der Waals surface area contributed by atoms with Gasteiger partial charge in [0.15, 0.2) is 0 Å². The minimum atomic E-state index is -0.256. The molecule has 134 valence electrons. The molecule has 26 heavy (non-hydrogen) atoms. The lowest BCUT2D eigenvalue weighted by atomic mass is 10.2. The average Bonchev–Trinajstić information content (AvgIpc) is 3.13. The van der Waals surface area contributed by atoms with Crippen LogP contribution in [0.2, 0.25) is 0 Å². The third-order valence-electron chi connectivity index (χ3n) is 3.91. The van der Waals surface area contributed by atoms with Gasteiger partial charge in [0.2, 0.25) is 11.1 Å². The summed E-state index contributed by atoms with van der Waals surface area (Å²) < 4.78 is 1.67. The van der Waals surface area contributed by atoms with E-state index in [1.54, 1.807) is 4.68 Å². The summed E-state index contributed by atoms with van der Waals surface area (Å²) in [6.45, 7) is 4.52. The number of hydrogen-bond acceptors (Lipinski definition) is 5. The number of aryl methyl sites for hydroxylation is 1. The number of nitrogens with one attached hydrogen (secondary N) is 1. The molecule has 2 aromatic carbocycles. The molecule has 1 N–H and O–H groups in total. The van der Waals surface area contributed by atoms with Gasteiger partial charge in [-0.2, -0.15) is 4.68 Å². The Morgan fingerprint density at radius 2 is 2.00 bits per heavy atom. The summed E-state index contributed by atoms with van der Waals surface area (Å²) in [6, 6.07) is 17.8. The number of benzene rings is 2. The molecule has 7 heteroatoms. The molecular weight excluding hydrogens is 346 g/mol. The fourth-order valence-electron chi connectivity index (χ4n) is 2.52. The van der Waals surface area contributed by atoms with Gasteiger partial charge in [0.1, 0.15) is 0 Å². The molecule has 1 aromatic heterocycles. The van der Waals surface area contributed by atoms with E-state index < -0.39 is 0 Å². The molecule has 1 amide bonds. The van der Waals surface area contributed by atoms with Crippen molar-refractivity contribution in [1.82, 2.24) is 25.5 Å². The molecule has 3 aromatic rings. The van der Waals surface area contributed by atoms with Gasteiger partial charge in [-0.1, -0.05) is 61.2 Å². The van der Waals surface area contributed by atoms with Crippen LogP contribution in [0.5, 0.6) is 0 Å². The number of thioether (sulfide) groups is 1. The molecule has 1 unspecified atom stereocenters. The molecule has 0 radical (unpaired) electrons. The van der Waals surface area contributed by atoms with Crippen LogP contribution in [0.4, 0.5) is 0 Å². The Balaban J connectivity index is 1.69. The highest BCUT2D eigenvalue weighted by Gasteiger charge is 2.21. The predicted octanol–water partition coefficient (Wildman–Crippen LogP) is 3.16. The van der Waals surface area contributed by atoms with Gasteiger partial charge in [-0.3, -0.25) is 4.79 Å². The Morgan fingerprint density at radius 1 is 1.19 bits per heavy atom. The van der Waals surface area contributed by atoms with E-state index in [-0.39, 0.29) is 11.2 Å². The van der Waals surface area contributed by atoms with Crippen molar-refractivity contribution >= 4 is 17.7 Å². The van der Waals surface area contributed by atoms with Gasteiger partial charge in [0, 0.05) is 6.54 Å². The first-order valence-corrected chi connectivity index (χ1v) is 9.39. The first kappa shape index (κ1) is 18.1. The largest absolute Gasteiger partial charge is 0.351 e. The van der Waals surface area contributed by atoms with E-state index in [0.717, 1.165) is 16.8 Å². The number of rotatable bonds is 7. The third-order valence-corrected chi connectivity index (χ3v) is 5.20. The van der Waals surface area contributed by atoms with Crippen LogP contribution in [0, 0.1) is 6.92 Å². The zero-order chi connectivity index (χ0) is 18.4. The number of tetrazole rings is 1. The summed E-state index contributed by atoms with van der Waals surface area (Å²) in [7, 11) is 0. The average molecular weight is 367 g/mol. The second-order valence-corrected chi connectivity index (χ2v) is 7.10. The Labute approximate surface area is 157 Å². The van der Waals surface area contributed by atoms with Gasteiger partial charge in [-0.15, -0.1) is 5.10 Å². The SMILES string of the molecule is CCC(Sc1nnnn1-c1cccc(C)c1)C(=O)NCc1ccccc1. The highest BCUT2D eigenvalue weighted by Crippen LogP contribution is 2.25. The van der Waals surface area contributed by atoms with Crippen LogP contribution in [0.25, 0.3) is 5.69 Å². The summed E-state index contributed by atoms with van der Waals surface area (Å²) in [5.41, 5.74) is 3.09. The molecule has 1 atom stereocenters. The van der Waals surface area contributed by atoms with Crippen LogP contribution < -0.4 is 5.32 Å². The highest BCUT2D eigenvalue weighted by atomic mass is 32.2. The van der Waals surface area contributed by atoms with Crippen molar-refractivity contribution in [1.29, 1.82) is 0 Å². The number of aromatic nitrogens is 4. The predicted molar refractivity (Wildman–Crippen MR) is 102 cm³/mol. The van der Waals surface area contributed by atoms with Crippen LogP contribution in [0.3, 0.4) is 0 Å². The molecule has 0 fully saturated rings. The number of carbonyl (C=O) groups excluding carboxylic acids is 1. The van der Waals surface area contributed by atoms with Gasteiger partial charge < -0.3 is 5.32 Å². The first-order valence-electron chi connectivity index (χ1n) is 8.51. The first-order chi connectivity index (χ1) is 12.7. The Kier molecular flexibility index (Phi) is 6.01. The lowest BCUT2D eigenvalue weighted by Crippen LogP contribution is -2.32. The molecule has 0 saturated carbocycles. The minimum absolute atomic E-state index is 0.0138. The summed E-state index contributed by atoms with van der Waals surface area (Å²) in [5, 5.41) is 15.3. The van der Waals surface area contributed by atoms with Crippen LogP contribution in [0.15, 0.2) is 59.8 Å². The molecule has 0 saturated heterocycles. The smallest absolute Gasteiger partial charge is 0.233 e. The van der Waals surface area contributed by atoms with Gasteiger partial charge in [-0.05, 0) is 47.0 Å². The number of amides is 1. The standard InChI is InChI=1S/C19H21N5OS/c1-3-17(18(25)20-13-15-9-5-4-6-10-15)26-19-21-22-23-24(19)16-11-7-8-14(2)12-16/h4-12,17H,3,13H2,1-2H3,(H,20,25). The number of hydrogen-bond donors (Lipinski definition) is 1. The highest BCUT2D eigenvalue weighted by molar-refractivity contribution is 8.00. The van der Waals surface area contributed by atoms with Crippen LogP contribution in [-0.4, -0.2) is 31.4 Å². The second kappa shape index (κ2) is 8.62. The zero-order valence-electron chi connectivity index (χ0n) is 14.8. The van der Waals surface area contributed by atoms with E-state index in [4.69, 9.17) is 0 Å². The van der Waals surface area contributed by atoms with Crippen molar-refractivity contribution in [3.8, 4) is 5.69 Å². The summed E-state index contributed by atoms with van der Waals surface area (Å²) in [6.07, 6.45) is 0.686. The molecule has 1 heterocycles. The van der Waals surface area contributed by atoms with E-state index in [1.807, 2.05) is 68.4 Å². The van der Waals surface area contributed by atoms with Crippen LogP contribution >= 0.6 is 11.8 Å². The fourth-order valence-corrected chi connectivity index (χ4v) is 3.46. The van der Waals surface area contributed by atoms with Crippen LogP contribution in [-0.2, 0) is 11.3 Å². The van der Waals surface area contributed by atoms with E-state index in [2.05, 4.69) is 20.8 Å². The normalized spacial score (nSPS) is 11.9. The third kappa shape index (κ3) is 4.49. The maximum atomic E-state index is 12.6. The lowest BCUT2D eigenvalue weighted by Gasteiger charge is -2.14. The van der Waals surface area contributed by atoms with Crippen LogP contribution in [0.1, 0.15) is 24.5 Å². The molecule has 3 rings (SSSR count). The maximum Gasteiger partial charge on any atom is 0.233 e. The quantitative estimate of drug-likeness (QED) is 0.650. The molecule has 0 aliphatic carbocycles. The monoisotopic (exact) mass is 367 g/mol. The topological polar surface area (TPSA) is 72.7 Å². The molecule has 0 aliphatic heterocycles. The molecule has 6 nitrogen and oxygen atoms in total. The van der Waals surface area contributed by atoms with E-state index in [1.165, 1.54) is 11.8 Å². The lowest BCUT2D eigenvalue weighted by molar-refractivity contribution is -0.120. The maximum absolute atomic E-state index is 12.6. The Morgan fingerprint density at radius 3 is 2.73 bits per heavy atom. The van der Waals surface area contributed by atoms with E-state index >= 15 is 0 Å². The molecule has 0 bridgehead atoms. The zero-order valence-corrected chi connectivity index (χ0v) is 15.6. The van der Waals surface area contributed by atoms with Crippen molar-refractivity contribution in [3.63, 3.8) is 0 Å². The van der Waals surface area contributed by atoms with Crippen molar-refractivity contribution < 1.29 is 4.79 Å². The van der Waals surface area contributed by atoms with Crippen molar-refractivity contribution in [3.05, 3.63) is 65.7 Å². The van der Waals surface area contributed by atoms with Gasteiger partial charge in [-0.25, -0.2) is 0 Å². The molecular formula is C19H21N5OS. The Bertz CT molecular complexity index is 865. The Hall–Kier alpha value is -2.67. The summed E-state index contributed by atoms with van der Waals surface area (Å²) in [4.78, 5) is 12.6. The minimum Gasteiger partial charge on any atom is -0.351 e. The van der Waals surface area contributed by atoms with Gasteiger partial charge >= 0.3 is 0 Å². The molecule has 0 spiro atoms. The fraction of sp³-hybridized carbons (Fsp3) is 0.263. The molecule has 0 aliphatic rings. The van der Waals surface area contributed by atoms with Crippen molar-refractivity contribution in [2.75, 3.05) is 0 Å². The number of nitrogens with zero attached hydrogens (tertiary/aromatic N) is 4. The summed E-state index contributed by atoms with van der Waals surface area (Å²) >= 11 is 1.38.